The molecule has 1 unspecified atom stereocenters. The molecule has 2 aromatic carbocycles. The molecule has 3 rings (SSSR count). The van der Waals surface area contributed by atoms with Crippen molar-refractivity contribution in [3.8, 4) is 11.5 Å². The van der Waals surface area contributed by atoms with Crippen LogP contribution in [-0.2, 0) is 11.2 Å². The molecule has 122 valence electrons. The standard InChI is InChI=1S/C18H23N3O2/c1-19-17(12-4-6-13(22)7-5-12)11-18(20-2,21-3)15-9-8-14(23)10-16(15)17/h4-10,19-23H,11H2,1-3H3. The van der Waals surface area contributed by atoms with Crippen LogP contribution in [0.3, 0.4) is 0 Å². The lowest BCUT2D eigenvalue weighted by Crippen LogP contribution is -2.52. The lowest BCUT2D eigenvalue weighted by atomic mass is 9.83. The Morgan fingerprint density at radius 3 is 1.96 bits per heavy atom. The van der Waals surface area contributed by atoms with Crippen molar-refractivity contribution in [3.63, 3.8) is 0 Å². The van der Waals surface area contributed by atoms with Crippen LogP contribution in [0.15, 0.2) is 42.5 Å². The van der Waals surface area contributed by atoms with Gasteiger partial charge in [0.2, 0.25) is 0 Å². The normalized spacial score (nSPS) is 22.0. The van der Waals surface area contributed by atoms with E-state index in [1.54, 1.807) is 18.2 Å². The van der Waals surface area contributed by atoms with Gasteiger partial charge >= 0.3 is 0 Å². The van der Waals surface area contributed by atoms with Gasteiger partial charge in [0, 0.05) is 6.42 Å². The molecule has 5 nitrogen and oxygen atoms in total. The Bertz CT molecular complexity index is 711. The molecule has 0 aliphatic heterocycles. The number of hydrogen-bond donors (Lipinski definition) is 5. The van der Waals surface area contributed by atoms with E-state index in [1.165, 1.54) is 0 Å². The van der Waals surface area contributed by atoms with Crippen molar-refractivity contribution in [1.29, 1.82) is 0 Å². The molecule has 5 heteroatoms. The Balaban J connectivity index is 2.27. The number of benzene rings is 2. The Morgan fingerprint density at radius 1 is 0.783 bits per heavy atom. The zero-order valence-corrected chi connectivity index (χ0v) is 13.6. The zero-order valence-electron chi connectivity index (χ0n) is 13.6. The number of nitrogens with one attached hydrogen (secondary N) is 3. The maximum absolute atomic E-state index is 10.0. The van der Waals surface area contributed by atoms with Crippen LogP contribution in [0.5, 0.6) is 11.5 Å². The minimum Gasteiger partial charge on any atom is -0.508 e. The van der Waals surface area contributed by atoms with E-state index >= 15 is 0 Å². The Kier molecular flexibility index (Phi) is 3.80. The summed E-state index contributed by atoms with van der Waals surface area (Å²) in [5, 5.41) is 29.9. The van der Waals surface area contributed by atoms with E-state index in [2.05, 4.69) is 16.0 Å². The summed E-state index contributed by atoms with van der Waals surface area (Å²) in [4.78, 5) is 0. The topological polar surface area (TPSA) is 76.5 Å². The van der Waals surface area contributed by atoms with Gasteiger partial charge in [0.15, 0.2) is 0 Å². The molecular formula is C18H23N3O2. The summed E-state index contributed by atoms with van der Waals surface area (Å²) in [6.45, 7) is 0. The molecule has 0 heterocycles. The fourth-order valence-corrected chi connectivity index (χ4v) is 3.79. The molecule has 5 N–H and O–H groups in total. The van der Waals surface area contributed by atoms with E-state index in [0.717, 1.165) is 23.1 Å². The van der Waals surface area contributed by atoms with Crippen molar-refractivity contribution in [2.75, 3.05) is 21.1 Å². The smallest absolute Gasteiger partial charge is 0.115 e. The first-order chi connectivity index (χ1) is 11.0. The highest BCUT2D eigenvalue weighted by Gasteiger charge is 2.51. The third kappa shape index (κ3) is 2.20. The molecular weight excluding hydrogens is 290 g/mol. The van der Waals surface area contributed by atoms with Crippen LogP contribution in [-0.4, -0.2) is 31.4 Å². The van der Waals surface area contributed by atoms with Crippen molar-refractivity contribution in [1.82, 2.24) is 16.0 Å². The molecule has 0 radical (unpaired) electrons. The highest BCUT2D eigenvalue weighted by molar-refractivity contribution is 5.54. The minimum atomic E-state index is -0.464. The molecule has 0 amide bonds. The van der Waals surface area contributed by atoms with Crippen LogP contribution in [0.4, 0.5) is 0 Å². The molecule has 1 aliphatic rings. The van der Waals surface area contributed by atoms with Gasteiger partial charge in [-0.3, -0.25) is 10.6 Å². The third-order valence-corrected chi connectivity index (χ3v) is 5.09. The molecule has 1 atom stereocenters. The second-order valence-electron chi connectivity index (χ2n) is 6.01. The Hall–Kier alpha value is -2.08. The molecule has 0 fully saturated rings. The van der Waals surface area contributed by atoms with E-state index in [4.69, 9.17) is 0 Å². The molecule has 23 heavy (non-hydrogen) atoms. The van der Waals surface area contributed by atoms with E-state index in [9.17, 15) is 10.2 Å². The van der Waals surface area contributed by atoms with Crippen LogP contribution < -0.4 is 16.0 Å². The third-order valence-electron chi connectivity index (χ3n) is 5.09. The summed E-state index contributed by atoms with van der Waals surface area (Å²) in [6, 6.07) is 12.7. The van der Waals surface area contributed by atoms with Crippen LogP contribution in [0.2, 0.25) is 0 Å². The van der Waals surface area contributed by atoms with Gasteiger partial charge in [-0.2, -0.15) is 0 Å². The summed E-state index contributed by atoms with van der Waals surface area (Å²) in [7, 11) is 5.77. The Morgan fingerprint density at radius 2 is 1.39 bits per heavy atom. The number of hydrogen-bond acceptors (Lipinski definition) is 5. The number of fused-ring (bicyclic) bond motifs is 1. The molecule has 0 saturated carbocycles. The summed E-state index contributed by atoms with van der Waals surface area (Å²) in [6.07, 6.45) is 0.729. The van der Waals surface area contributed by atoms with Crippen molar-refractivity contribution in [2.24, 2.45) is 0 Å². The second kappa shape index (κ2) is 5.53. The van der Waals surface area contributed by atoms with Gasteiger partial charge in [0.05, 0.1) is 11.2 Å². The van der Waals surface area contributed by atoms with Crippen LogP contribution in [0.1, 0.15) is 23.1 Å². The predicted octanol–water partition coefficient (Wildman–Crippen LogP) is 1.56. The van der Waals surface area contributed by atoms with E-state index in [1.807, 2.05) is 45.4 Å². The fourth-order valence-electron chi connectivity index (χ4n) is 3.79. The van der Waals surface area contributed by atoms with Crippen LogP contribution in [0, 0.1) is 0 Å². The average molecular weight is 313 g/mol. The van der Waals surface area contributed by atoms with Crippen molar-refractivity contribution in [2.45, 2.75) is 17.6 Å². The second-order valence-corrected chi connectivity index (χ2v) is 6.01. The van der Waals surface area contributed by atoms with Gasteiger partial charge in [0.25, 0.3) is 0 Å². The van der Waals surface area contributed by atoms with Gasteiger partial charge < -0.3 is 15.5 Å². The van der Waals surface area contributed by atoms with Gasteiger partial charge in [-0.25, -0.2) is 0 Å². The van der Waals surface area contributed by atoms with Gasteiger partial charge in [-0.1, -0.05) is 18.2 Å². The van der Waals surface area contributed by atoms with Crippen LogP contribution >= 0.6 is 0 Å². The molecule has 0 bridgehead atoms. The number of rotatable bonds is 4. The molecule has 1 aliphatic carbocycles. The maximum Gasteiger partial charge on any atom is 0.115 e. The number of phenols is 2. The molecule has 0 aromatic heterocycles. The number of aromatic hydroxyl groups is 2. The lowest BCUT2D eigenvalue weighted by molar-refractivity contribution is 0.244. The zero-order chi connectivity index (χ0) is 16.7. The van der Waals surface area contributed by atoms with Crippen LogP contribution in [0.25, 0.3) is 0 Å². The highest BCUT2D eigenvalue weighted by atomic mass is 16.3. The Labute approximate surface area is 136 Å². The summed E-state index contributed by atoms with van der Waals surface area (Å²) < 4.78 is 0. The quantitative estimate of drug-likeness (QED) is 0.554. The molecule has 0 spiro atoms. The van der Waals surface area contributed by atoms with Gasteiger partial charge in [-0.15, -0.1) is 0 Å². The van der Waals surface area contributed by atoms with Crippen molar-refractivity contribution >= 4 is 0 Å². The monoisotopic (exact) mass is 313 g/mol. The first-order valence-electron chi connectivity index (χ1n) is 7.71. The summed E-state index contributed by atoms with van der Waals surface area (Å²) >= 11 is 0. The fraction of sp³-hybridized carbons (Fsp3) is 0.333. The highest BCUT2D eigenvalue weighted by Crippen LogP contribution is 2.50. The van der Waals surface area contributed by atoms with Crippen molar-refractivity contribution < 1.29 is 10.2 Å². The average Bonchev–Trinajstić information content (AvgIpc) is 2.86. The molecule has 0 saturated heterocycles. The largest absolute Gasteiger partial charge is 0.508 e. The van der Waals surface area contributed by atoms with Gasteiger partial charge in [0.1, 0.15) is 11.5 Å². The maximum atomic E-state index is 10.0. The van der Waals surface area contributed by atoms with E-state index < -0.39 is 11.2 Å². The first-order valence-corrected chi connectivity index (χ1v) is 7.71. The summed E-state index contributed by atoms with van der Waals surface area (Å²) in [5.74, 6) is 0.479. The lowest BCUT2D eigenvalue weighted by Gasteiger charge is -2.35. The predicted molar refractivity (Wildman–Crippen MR) is 90.5 cm³/mol. The molecule has 2 aromatic rings. The van der Waals surface area contributed by atoms with E-state index in [-0.39, 0.29) is 11.5 Å². The van der Waals surface area contributed by atoms with Gasteiger partial charge in [-0.05, 0) is 62.1 Å². The van der Waals surface area contributed by atoms with Crippen molar-refractivity contribution in [3.05, 3.63) is 59.2 Å². The first kappa shape index (κ1) is 15.8. The summed E-state index contributed by atoms with van der Waals surface area (Å²) in [5.41, 5.74) is 2.30. The SMILES string of the molecule is CNC1(NC)CC(NC)(c2ccc(O)cc2)c2cc(O)ccc21. The minimum absolute atomic E-state index is 0.239. The van der Waals surface area contributed by atoms with E-state index in [0.29, 0.717) is 0 Å². The number of phenolic OH excluding ortho intramolecular Hbond substituents is 2.